The minimum Gasteiger partial charge on any atom is -0.504 e. The van der Waals surface area contributed by atoms with Crippen molar-refractivity contribution in [1.82, 2.24) is 5.16 Å². The zero-order valence-corrected chi connectivity index (χ0v) is 14.2. The Labute approximate surface area is 133 Å². The summed E-state index contributed by atoms with van der Waals surface area (Å²) in [6.45, 7) is 5.07. The van der Waals surface area contributed by atoms with E-state index in [4.69, 9.17) is 18.4 Å². The first kappa shape index (κ1) is 17.2. The van der Waals surface area contributed by atoms with E-state index in [1.54, 1.807) is 32.9 Å². The van der Waals surface area contributed by atoms with Crippen molar-refractivity contribution in [2.45, 2.75) is 20.8 Å². The maximum absolute atomic E-state index is 12.7. The number of rotatable bonds is 7. The monoisotopic (exact) mass is 342 g/mol. The molecule has 0 spiro atoms. The highest BCUT2D eigenvalue weighted by Gasteiger charge is 2.26. The third-order valence-corrected chi connectivity index (χ3v) is 4.64. The molecule has 2 N–H and O–H groups in total. The summed E-state index contributed by atoms with van der Waals surface area (Å²) in [4.78, 5) is 0. The summed E-state index contributed by atoms with van der Waals surface area (Å²) in [6.07, 6.45) is 0.124. The van der Waals surface area contributed by atoms with Gasteiger partial charge in [-0.2, -0.15) is 4.62 Å². The third kappa shape index (κ3) is 4.18. The molecular weight excluding hydrogens is 323 g/mol. The van der Waals surface area contributed by atoms with Crippen molar-refractivity contribution in [3.63, 3.8) is 0 Å². The van der Waals surface area contributed by atoms with Crippen molar-refractivity contribution in [3.8, 4) is 17.2 Å². The topological polar surface area (TPSA) is 103 Å². The maximum atomic E-state index is 12.7. The van der Waals surface area contributed by atoms with Gasteiger partial charge in [-0.05, 0) is 25.5 Å². The zero-order valence-electron chi connectivity index (χ0n) is 13.3. The Hall–Kier alpha value is -2.18. The molecule has 9 heteroatoms. The van der Waals surface area contributed by atoms with Crippen LogP contribution in [0.3, 0.4) is 0 Å². The number of aromatic hydroxyl groups is 1. The Morgan fingerprint density at radius 1 is 1.35 bits per heavy atom. The summed E-state index contributed by atoms with van der Waals surface area (Å²) in [6, 6.07) is 4.58. The predicted molar refractivity (Wildman–Crippen MR) is 84.1 cm³/mol. The second-order valence-electron chi connectivity index (χ2n) is 4.83. The van der Waals surface area contributed by atoms with Gasteiger partial charge in [-0.25, -0.2) is 10.0 Å². The molecule has 23 heavy (non-hydrogen) atoms. The van der Waals surface area contributed by atoms with E-state index in [1.165, 1.54) is 13.2 Å². The van der Waals surface area contributed by atoms with Gasteiger partial charge in [-0.1, -0.05) is 12.1 Å². The first-order valence-corrected chi connectivity index (χ1v) is 8.64. The van der Waals surface area contributed by atoms with Crippen LogP contribution in [-0.4, -0.2) is 23.5 Å². The first-order chi connectivity index (χ1) is 10.9. The molecule has 1 unspecified atom stereocenters. The van der Waals surface area contributed by atoms with Crippen molar-refractivity contribution in [2.75, 3.05) is 18.8 Å². The van der Waals surface area contributed by atoms with Crippen molar-refractivity contribution in [1.29, 1.82) is 0 Å². The minimum absolute atomic E-state index is 0.00305. The summed E-state index contributed by atoms with van der Waals surface area (Å²) < 4.78 is 33.2. The van der Waals surface area contributed by atoms with Crippen molar-refractivity contribution < 1.29 is 28.1 Å². The number of aromatic nitrogens is 1. The van der Waals surface area contributed by atoms with Crippen molar-refractivity contribution >= 4 is 13.4 Å². The summed E-state index contributed by atoms with van der Waals surface area (Å²) in [5, 5.41) is 13.5. The van der Waals surface area contributed by atoms with Gasteiger partial charge in [0.15, 0.2) is 17.3 Å². The number of phenols is 1. The normalized spacial score (nSPS) is 13.4. The van der Waals surface area contributed by atoms with E-state index in [-0.39, 0.29) is 23.4 Å². The number of anilines is 1. The smallest absolute Gasteiger partial charge is 0.400 e. The fourth-order valence-electron chi connectivity index (χ4n) is 1.76. The summed E-state index contributed by atoms with van der Waals surface area (Å²) in [5.41, 5.74) is 2.99. The van der Waals surface area contributed by atoms with Gasteiger partial charge in [-0.15, -0.1) is 0 Å². The molecule has 0 fully saturated rings. The van der Waals surface area contributed by atoms with E-state index in [9.17, 15) is 9.67 Å². The highest BCUT2D eigenvalue weighted by molar-refractivity contribution is 7.54. The van der Waals surface area contributed by atoms with Crippen LogP contribution in [0.4, 0.5) is 5.82 Å². The molecule has 1 heterocycles. The van der Waals surface area contributed by atoms with E-state index >= 15 is 0 Å². The SMILES string of the molecule is CCP(=O)(ONc1cc(C)on1)Oc1cc(C)c(O)c(OC)c1. The maximum Gasteiger partial charge on any atom is 0.400 e. The minimum atomic E-state index is -3.47. The van der Waals surface area contributed by atoms with E-state index in [0.29, 0.717) is 17.1 Å². The van der Waals surface area contributed by atoms with Crippen LogP contribution in [0.5, 0.6) is 17.2 Å². The lowest BCUT2D eigenvalue weighted by molar-refractivity contribution is 0.311. The van der Waals surface area contributed by atoms with Gasteiger partial charge in [0.25, 0.3) is 0 Å². The zero-order chi connectivity index (χ0) is 17.0. The van der Waals surface area contributed by atoms with Crippen LogP contribution < -0.4 is 14.7 Å². The Kier molecular flexibility index (Phi) is 5.18. The molecule has 0 aliphatic carbocycles. The van der Waals surface area contributed by atoms with Gasteiger partial charge in [0.05, 0.1) is 13.3 Å². The van der Waals surface area contributed by atoms with Gasteiger partial charge >= 0.3 is 7.60 Å². The van der Waals surface area contributed by atoms with Gasteiger partial charge in [0, 0.05) is 12.1 Å². The van der Waals surface area contributed by atoms with Crippen LogP contribution in [0.1, 0.15) is 18.2 Å². The molecule has 1 atom stereocenters. The summed E-state index contributed by atoms with van der Waals surface area (Å²) in [7, 11) is -2.05. The quantitative estimate of drug-likeness (QED) is 0.581. The molecule has 1 aromatic carbocycles. The van der Waals surface area contributed by atoms with Gasteiger partial charge in [0.2, 0.25) is 0 Å². The lowest BCUT2D eigenvalue weighted by Crippen LogP contribution is -2.06. The lowest BCUT2D eigenvalue weighted by Gasteiger charge is -2.18. The van der Waals surface area contributed by atoms with E-state index in [1.807, 2.05) is 0 Å². The summed E-state index contributed by atoms with van der Waals surface area (Å²) in [5.74, 6) is 1.37. The van der Waals surface area contributed by atoms with Gasteiger partial charge in [0.1, 0.15) is 11.5 Å². The van der Waals surface area contributed by atoms with Crippen LogP contribution in [0.2, 0.25) is 0 Å². The predicted octanol–water partition coefficient (Wildman–Crippen LogP) is 3.64. The molecule has 8 nitrogen and oxygen atoms in total. The van der Waals surface area contributed by atoms with Crippen LogP contribution in [0, 0.1) is 13.8 Å². The standard InChI is InChI=1S/C14H19N2O6P/c1-5-23(18,22-16-13-7-10(3)20-15-13)21-11-6-9(2)14(17)12(8-11)19-4/h6-8,17H,5H2,1-4H3,(H,15,16). The van der Waals surface area contributed by atoms with Crippen LogP contribution in [0.25, 0.3) is 0 Å². The lowest BCUT2D eigenvalue weighted by atomic mass is 10.2. The van der Waals surface area contributed by atoms with Crippen LogP contribution in [-0.2, 0) is 9.19 Å². The number of hydrogen-bond acceptors (Lipinski definition) is 8. The van der Waals surface area contributed by atoms with E-state index in [2.05, 4.69) is 10.6 Å². The number of methoxy groups -OCH3 is 1. The molecule has 0 bridgehead atoms. The number of phenolic OH excluding ortho intramolecular Hbond substituents is 1. The Bertz CT molecular complexity index is 730. The summed E-state index contributed by atoms with van der Waals surface area (Å²) >= 11 is 0. The number of nitrogens with one attached hydrogen (secondary N) is 1. The fraction of sp³-hybridized carbons (Fsp3) is 0.357. The largest absolute Gasteiger partial charge is 0.504 e. The number of ether oxygens (including phenoxy) is 1. The van der Waals surface area contributed by atoms with E-state index in [0.717, 1.165) is 0 Å². The van der Waals surface area contributed by atoms with Gasteiger partial charge in [-0.3, -0.25) is 0 Å². The van der Waals surface area contributed by atoms with Crippen molar-refractivity contribution in [3.05, 3.63) is 29.5 Å². The van der Waals surface area contributed by atoms with Crippen LogP contribution >= 0.6 is 7.60 Å². The second-order valence-corrected chi connectivity index (χ2v) is 7.05. The molecule has 2 rings (SSSR count). The highest BCUT2D eigenvalue weighted by atomic mass is 31.2. The molecule has 2 aromatic rings. The number of nitrogens with zero attached hydrogens (tertiary/aromatic N) is 1. The van der Waals surface area contributed by atoms with Crippen molar-refractivity contribution in [2.24, 2.45) is 0 Å². The molecule has 0 saturated carbocycles. The first-order valence-electron chi connectivity index (χ1n) is 6.91. The molecule has 0 saturated heterocycles. The average Bonchev–Trinajstić information content (AvgIpc) is 2.94. The third-order valence-electron chi connectivity index (χ3n) is 3.01. The molecule has 0 aliphatic heterocycles. The molecule has 1 aromatic heterocycles. The average molecular weight is 342 g/mol. The Morgan fingerprint density at radius 2 is 2.09 bits per heavy atom. The Morgan fingerprint density at radius 3 is 2.65 bits per heavy atom. The number of hydrogen-bond donors (Lipinski definition) is 2. The molecular formula is C14H19N2O6P. The molecule has 126 valence electrons. The molecule has 0 radical (unpaired) electrons. The highest BCUT2D eigenvalue weighted by Crippen LogP contribution is 2.49. The fourth-order valence-corrected chi connectivity index (χ4v) is 2.72. The molecule has 0 amide bonds. The van der Waals surface area contributed by atoms with Gasteiger partial charge < -0.3 is 18.9 Å². The number of aryl methyl sites for hydroxylation is 2. The number of benzene rings is 1. The van der Waals surface area contributed by atoms with E-state index < -0.39 is 7.60 Å². The molecule has 0 aliphatic rings. The Balaban J connectivity index is 2.14. The second kappa shape index (κ2) is 6.93. The van der Waals surface area contributed by atoms with Crippen LogP contribution in [0.15, 0.2) is 22.7 Å².